The van der Waals surface area contributed by atoms with Crippen LogP contribution in [0.1, 0.15) is 33.6 Å². The van der Waals surface area contributed by atoms with E-state index in [0.29, 0.717) is 12.4 Å². The predicted octanol–water partition coefficient (Wildman–Crippen LogP) is 3.74. The van der Waals surface area contributed by atoms with E-state index < -0.39 is 5.60 Å². The second kappa shape index (κ2) is 15.5. The molecule has 0 aromatic rings. The molecule has 0 heterocycles. The van der Waals surface area contributed by atoms with Crippen molar-refractivity contribution in [2.24, 2.45) is 0 Å². The van der Waals surface area contributed by atoms with Gasteiger partial charge in [-0.05, 0) is 47.2 Å². The maximum absolute atomic E-state index is 11.3. The number of hydrogen-bond acceptors (Lipinski definition) is 3. The summed E-state index contributed by atoms with van der Waals surface area (Å²) in [5, 5.41) is 2.98. The zero-order valence-electron chi connectivity index (χ0n) is 13.2. The van der Waals surface area contributed by atoms with Gasteiger partial charge in [0.05, 0.1) is 0 Å². The third-order valence-corrected chi connectivity index (χ3v) is 2.43. The molecule has 1 amide bonds. The molecule has 4 nitrogen and oxygen atoms in total. The molecule has 0 aromatic heterocycles. The maximum atomic E-state index is 11.3. The summed E-state index contributed by atoms with van der Waals surface area (Å²) in [6.07, 6.45) is 1.56. The van der Waals surface area contributed by atoms with Crippen molar-refractivity contribution in [3.05, 3.63) is 0 Å². The average molecular weight is 352 g/mol. The second-order valence-electron chi connectivity index (χ2n) is 5.09. The van der Waals surface area contributed by atoms with Crippen LogP contribution in [0.4, 0.5) is 4.79 Å². The summed E-state index contributed by atoms with van der Waals surface area (Å²) >= 11 is 10.8. The number of alkyl halides is 2. The molecule has 0 spiro atoms. The van der Waals surface area contributed by atoms with E-state index in [1.165, 1.54) is 4.90 Å². The van der Waals surface area contributed by atoms with Crippen LogP contribution in [0.3, 0.4) is 0 Å². The highest BCUT2D eigenvalue weighted by molar-refractivity contribution is 6.18. The Morgan fingerprint density at radius 1 is 1.20 bits per heavy atom. The van der Waals surface area contributed by atoms with Crippen LogP contribution >= 0.6 is 35.6 Å². The molecule has 0 saturated heterocycles. The van der Waals surface area contributed by atoms with Gasteiger partial charge in [-0.25, -0.2) is 4.79 Å². The Labute approximate surface area is 139 Å². The van der Waals surface area contributed by atoms with Crippen LogP contribution in [-0.4, -0.2) is 55.5 Å². The van der Waals surface area contributed by atoms with Crippen LogP contribution in [0, 0.1) is 0 Å². The van der Waals surface area contributed by atoms with Crippen molar-refractivity contribution in [1.29, 1.82) is 0 Å². The number of carbonyl (C=O) groups is 1. The Morgan fingerprint density at radius 3 is 2.00 bits per heavy atom. The average Bonchev–Trinajstić information content (AvgIpc) is 2.32. The fraction of sp³-hybridized carbons (Fsp3) is 0.923. The molecule has 0 aliphatic rings. The van der Waals surface area contributed by atoms with Crippen LogP contribution < -0.4 is 5.32 Å². The third-order valence-electron chi connectivity index (χ3n) is 1.89. The maximum Gasteiger partial charge on any atom is 0.410 e. The molecule has 1 N–H and O–H groups in total. The number of nitrogens with one attached hydrogen (secondary N) is 1. The van der Waals surface area contributed by atoms with Crippen molar-refractivity contribution in [2.45, 2.75) is 39.2 Å². The highest BCUT2D eigenvalue weighted by atomic mass is 35.5. The summed E-state index contributed by atoms with van der Waals surface area (Å²) < 4.78 is 5.14. The molecule has 7 heteroatoms. The van der Waals surface area contributed by atoms with Crippen molar-refractivity contribution >= 4 is 41.7 Å². The normalized spacial score (nSPS) is 9.95. The van der Waals surface area contributed by atoms with Gasteiger partial charge < -0.3 is 15.0 Å². The van der Waals surface area contributed by atoms with Gasteiger partial charge in [0.1, 0.15) is 5.60 Å². The van der Waals surface area contributed by atoms with Crippen LogP contribution in [0.5, 0.6) is 0 Å². The van der Waals surface area contributed by atoms with Crippen LogP contribution in [-0.2, 0) is 4.74 Å². The van der Waals surface area contributed by atoms with Gasteiger partial charge >= 0.3 is 6.09 Å². The Morgan fingerprint density at radius 2 is 1.70 bits per heavy atom. The molecule has 0 bridgehead atoms. The van der Waals surface area contributed by atoms with Gasteiger partial charge in [0.15, 0.2) is 0 Å². The molecular formula is C13H29Cl3N2O2. The highest BCUT2D eigenvalue weighted by Crippen LogP contribution is 2.09. The van der Waals surface area contributed by atoms with Gasteiger partial charge in [0.2, 0.25) is 0 Å². The summed E-state index contributed by atoms with van der Waals surface area (Å²) in [7, 11) is 3.63. The lowest BCUT2D eigenvalue weighted by atomic mass is 10.2. The van der Waals surface area contributed by atoms with Crippen LogP contribution in [0.15, 0.2) is 0 Å². The van der Waals surface area contributed by atoms with E-state index in [-0.39, 0.29) is 18.5 Å². The Balaban J connectivity index is -0.000000352. The van der Waals surface area contributed by atoms with Gasteiger partial charge in [0.25, 0.3) is 0 Å². The lowest BCUT2D eigenvalue weighted by Crippen LogP contribution is -2.34. The number of hydrogen-bond donors (Lipinski definition) is 1. The molecule has 0 fully saturated rings. The first-order chi connectivity index (χ1) is 8.78. The minimum Gasteiger partial charge on any atom is -0.444 e. The fourth-order valence-electron chi connectivity index (χ4n) is 0.972. The summed E-state index contributed by atoms with van der Waals surface area (Å²) in [6.45, 7) is 7.21. The number of carbonyl (C=O) groups excluding carboxylic acids is 1. The molecule has 0 aliphatic carbocycles. The minimum atomic E-state index is -0.424. The highest BCUT2D eigenvalue weighted by Gasteiger charge is 2.18. The molecule has 0 atom stereocenters. The van der Waals surface area contributed by atoms with E-state index in [0.717, 1.165) is 25.3 Å². The molecule has 0 radical (unpaired) electrons. The van der Waals surface area contributed by atoms with Crippen molar-refractivity contribution in [3.63, 3.8) is 0 Å². The first-order valence-corrected chi connectivity index (χ1v) is 7.56. The standard InChI is InChI=1S/C9H18ClNO2.C4H10ClN.ClH/c1-9(2,3)13-8(12)11(4)7-5-6-10;1-6-4-2-3-5;/h5-7H2,1-4H3;6H,2-4H2,1H3;1H. The van der Waals surface area contributed by atoms with Gasteiger partial charge in [-0.1, -0.05) is 0 Å². The molecule has 0 rings (SSSR count). The fourth-order valence-corrected chi connectivity index (χ4v) is 1.22. The monoisotopic (exact) mass is 350 g/mol. The zero-order valence-corrected chi connectivity index (χ0v) is 15.5. The predicted molar refractivity (Wildman–Crippen MR) is 90.7 cm³/mol. The molecule has 124 valence electrons. The number of nitrogens with zero attached hydrogens (tertiary/aromatic N) is 1. The quantitative estimate of drug-likeness (QED) is 0.585. The van der Waals surface area contributed by atoms with E-state index >= 15 is 0 Å². The molecule has 0 saturated carbocycles. The van der Waals surface area contributed by atoms with Gasteiger partial charge in [-0.3, -0.25) is 0 Å². The van der Waals surface area contributed by atoms with E-state index in [1.807, 2.05) is 27.8 Å². The first kappa shape index (κ1) is 25.1. The summed E-state index contributed by atoms with van der Waals surface area (Å²) in [4.78, 5) is 12.9. The van der Waals surface area contributed by atoms with Crippen LogP contribution in [0.25, 0.3) is 0 Å². The Hall–Kier alpha value is 0.1000. The SMILES string of the molecule is CN(CCCCl)C(=O)OC(C)(C)C.CNCCCCl.Cl. The Bertz CT molecular complexity index is 220. The third kappa shape index (κ3) is 20.4. The molecule has 0 aliphatic heterocycles. The Kier molecular flexibility index (Phi) is 19.4. The molecule has 0 aromatic carbocycles. The van der Waals surface area contributed by atoms with E-state index in [4.69, 9.17) is 27.9 Å². The summed E-state index contributed by atoms with van der Waals surface area (Å²) in [6, 6.07) is 0. The largest absolute Gasteiger partial charge is 0.444 e. The van der Waals surface area contributed by atoms with Crippen molar-refractivity contribution in [1.82, 2.24) is 10.2 Å². The molecular weight excluding hydrogens is 323 g/mol. The topological polar surface area (TPSA) is 41.6 Å². The first-order valence-electron chi connectivity index (χ1n) is 6.49. The van der Waals surface area contributed by atoms with E-state index in [1.54, 1.807) is 7.05 Å². The van der Waals surface area contributed by atoms with Crippen molar-refractivity contribution in [3.8, 4) is 0 Å². The summed E-state index contributed by atoms with van der Waals surface area (Å²) in [5.74, 6) is 1.33. The number of ether oxygens (including phenoxy) is 1. The van der Waals surface area contributed by atoms with Crippen molar-refractivity contribution < 1.29 is 9.53 Å². The molecule has 0 unspecified atom stereocenters. The van der Waals surface area contributed by atoms with Gasteiger partial charge in [-0.15, -0.1) is 35.6 Å². The smallest absolute Gasteiger partial charge is 0.410 e. The minimum absolute atomic E-state index is 0. The number of amides is 1. The lowest BCUT2D eigenvalue weighted by molar-refractivity contribution is 0.0299. The van der Waals surface area contributed by atoms with Crippen molar-refractivity contribution in [2.75, 3.05) is 38.9 Å². The lowest BCUT2D eigenvalue weighted by Gasteiger charge is -2.24. The zero-order chi connectivity index (χ0) is 15.3. The molecule has 20 heavy (non-hydrogen) atoms. The second-order valence-corrected chi connectivity index (χ2v) is 5.85. The number of halogens is 3. The van der Waals surface area contributed by atoms with Crippen LogP contribution in [0.2, 0.25) is 0 Å². The number of rotatable bonds is 6. The van der Waals surface area contributed by atoms with Gasteiger partial charge in [-0.2, -0.15) is 0 Å². The van der Waals surface area contributed by atoms with Gasteiger partial charge in [0, 0.05) is 25.4 Å². The van der Waals surface area contributed by atoms with E-state index in [9.17, 15) is 4.79 Å². The summed E-state index contributed by atoms with van der Waals surface area (Å²) in [5.41, 5.74) is -0.424. The van der Waals surface area contributed by atoms with E-state index in [2.05, 4.69) is 5.32 Å².